The lowest BCUT2D eigenvalue weighted by atomic mass is 10.1. The van der Waals surface area contributed by atoms with Gasteiger partial charge in [-0.1, -0.05) is 53.0 Å². The van der Waals surface area contributed by atoms with Gasteiger partial charge in [-0.2, -0.15) is 0 Å². The van der Waals surface area contributed by atoms with Crippen molar-refractivity contribution in [3.05, 3.63) is 63.6 Å². The number of hydrogen-bond acceptors (Lipinski definition) is 2. The van der Waals surface area contributed by atoms with Gasteiger partial charge < -0.3 is 11.1 Å². The number of halogens is 2. The van der Waals surface area contributed by atoms with Gasteiger partial charge in [-0.15, -0.1) is 0 Å². The number of aryl methyl sites for hydroxylation is 1. The highest BCUT2D eigenvalue weighted by Crippen LogP contribution is 2.31. The summed E-state index contributed by atoms with van der Waals surface area (Å²) in [5, 5.41) is 4.47. The highest BCUT2D eigenvalue weighted by molar-refractivity contribution is 6.42. The summed E-state index contributed by atoms with van der Waals surface area (Å²) in [7, 11) is 0. The Kier molecular flexibility index (Phi) is 4.70. The molecular formula is C15H16Cl2N2. The zero-order valence-corrected chi connectivity index (χ0v) is 12.2. The Balaban J connectivity index is 2.25. The third-order valence-corrected chi connectivity index (χ3v) is 3.82. The average molecular weight is 295 g/mol. The molecule has 0 saturated heterocycles. The Morgan fingerprint density at radius 2 is 1.79 bits per heavy atom. The molecule has 0 fully saturated rings. The number of benzene rings is 2. The molecule has 0 spiro atoms. The zero-order chi connectivity index (χ0) is 13.8. The maximum atomic E-state index is 6.23. The molecule has 0 amide bonds. The van der Waals surface area contributed by atoms with Crippen LogP contribution in [0.15, 0.2) is 42.5 Å². The lowest BCUT2D eigenvalue weighted by Gasteiger charge is -2.20. The van der Waals surface area contributed by atoms with Crippen molar-refractivity contribution < 1.29 is 0 Å². The van der Waals surface area contributed by atoms with E-state index in [1.807, 2.05) is 24.3 Å². The summed E-state index contributed by atoms with van der Waals surface area (Å²) < 4.78 is 0. The largest absolute Gasteiger partial charge is 0.377 e. The fourth-order valence-electron chi connectivity index (χ4n) is 1.90. The van der Waals surface area contributed by atoms with Crippen LogP contribution in [0.1, 0.15) is 17.2 Å². The van der Waals surface area contributed by atoms with Crippen LogP contribution in [-0.2, 0) is 0 Å². The van der Waals surface area contributed by atoms with E-state index >= 15 is 0 Å². The van der Waals surface area contributed by atoms with Crippen LogP contribution >= 0.6 is 23.2 Å². The molecule has 0 aliphatic rings. The molecule has 0 aliphatic carbocycles. The molecule has 0 saturated carbocycles. The van der Waals surface area contributed by atoms with Gasteiger partial charge in [-0.05, 0) is 30.7 Å². The number of hydrogen-bond donors (Lipinski definition) is 2. The molecule has 2 nitrogen and oxygen atoms in total. The molecular weight excluding hydrogens is 279 g/mol. The summed E-state index contributed by atoms with van der Waals surface area (Å²) in [5.41, 5.74) is 8.98. The molecule has 19 heavy (non-hydrogen) atoms. The molecule has 0 aromatic heterocycles. The Labute approximate surface area is 123 Å². The maximum Gasteiger partial charge on any atom is 0.0651 e. The van der Waals surface area contributed by atoms with E-state index in [1.54, 1.807) is 6.07 Å². The molecule has 3 N–H and O–H groups in total. The lowest BCUT2D eigenvalue weighted by molar-refractivity contribution is 0.790. The Morgan fingerprint density at radius 1 is 1.11 bits per heavy atom. The molecule has 0 aliphatic heterocycles. The molecule has 2 rings (SSSR count). The smallest absolute Gasteiger partial charge is 0.0651 e. The summed E-state index contributed by atoms with van der Waals surface area (Å²) in [6.07, 6.45) is 0. The summed E-state index contributed by atoms with van der Waals surface area (Å²) >= 11 is 12.3. The standard InChI is InChI=1S/C15H16Cl2N2/c1-10-5-7-11(8-6-10)19-14(9-18)12-3-2-4-13(16)15(12)17/h2-8,14,19H,9,18H2,1H3. The molecule has 0 radical (unpaired) electrons. The first-order valence-electron chi connectivity index (χ1n) is 6.09. The Hall–Kier alpha value is -1.22. The first kappa shape index (κ1) is 14.2. The van der Waals surface area contributed by atoms with Crippen molar-refractivity contribution >= 4 is 28.9 Å². The SMILES string of the molecule is Cc1ccc(NC(CN)c2cccc(Cl)c2Cl)cc1. The van der Waals surface area contributed by atoms with Crippen LogP contribution in [-0.4, -0.2) is 6.54 Å². The van der Waals surface area contributed by atoms with E-state index in [-0.39, 0.29) is 6.04 Å². The highest BCUT2D eigenvalue weighted by Gasteiger charge is 2.14. The minimum absolute atomic E-state index is 0.0612. The van der Waals surface area contributed by atoms with Crippen molar-refractivity contribution in [3.8, 4) is 0 Å². The minimum Gasteiger partial charge on any atom is -0.377 e. The Morgan fingerprint density at radius 3 is 2.42 bits per heavy atom. The molecule has 1 unspecified atom stereocenters. The van der Waals surface area contributed by atoms with Gasteiger partial charge in [-0.25, -0.2) is 0 Å². The average Bonchev–Trinajstić information content (AvgIpc) is 2.42. The summed E-state index contributed by atoms with van der Waals surface area (Å²) in [6, 6.07) is 13.7. The monoisotopic (exact) mass is 294 g/mol. The van der Waals surface area contributed by atoms with Crippen LogP contribution in [0.5, 0.6) is 0 Å². The van der Waals surface area contributed by atoms with Gasteiger partial charge in [0.25, 0.3) is 0 Å². The fourth-order valence-corrected chi connectivity index (χ4v) is 2.34. The van der Waals surface area contributed by atoms with Crippen LogP contribution in [0.3, 0.4) is 0 Å². The van der Waals surface area contributed by atoms with E-state index in [0.29, 0.717) is 16.6 Å². The molecule has 0 heterocycles. The van der Waals surface area contributed by atoms with E-state index in [2.05, 4.69) is 24.4 Å². The van der Waals surface area contributed by atoms with Crippen molar-refractivity contribution in [2.24, 2.45) is 5.73 Å². The van der Waals surface area contributed by atoms with Gasteiger partial charge in [0, 0.05) is 12.2 Å². The van der Waals surface area contributed by atoms with E-state index in [0.717, 1.165) is 11.3 Å². The van der Waals surface area contributed by atoms with Crippen molar-refractivity contribution in [1.82, 2.24) is 0 Å². The van der Waals surface area contributed by atoms with Crippen molar-refractivity contribution in [2.75, 3.05) is 11.9 Å². The first-order chi connectivity index (χ1) is 9.11. The molecule has 0 bridgehead atoms. The van der Waals surface area contributed by atoms with Crippen molar-refractivity contribution in [2.45, 2.75) is 13.0 Å². The fraction of sp³-hybridized carbons (Fsp3) is 0.200. The summed E-state index contributed by atoms with van der Waals surface area (Å²) in [6.45, 7) is 2.49. The van der Waals surface area contributed by atoms with Crippen LogP contribution in [0, 0.1) is 6.92 Å². The van der Waals surface area contributed by atoms with Gasteiger partial charge in [0.05, 0.1) is 16.1 Å². The van der Waals surface area contributed by atoms with Gasteiger partial charge in [0.15, 0.2) is 0 Å². The van der Waals surface area contributed by atoms with Gasteiger partial charge in [0.1, 0.15) is 0 Å². The number of anilines is 1. The third-order valence-electron chi connectivity index (χ3n) is 2.99. The van der Waals surface area contributed by atoms with Crippen molar-refractivity contribution in [1.29, 1.82) is 0 Å². The second-order valence-corrected chi connectivity index (χ2v) is 5.23. The highest BCUT2D eigenvalue weighted by atomic mass is 35.5. The minimum atomic E-state index is -0.0612. The number of rotatable bonds is 4. The van der Waals surface area contributed by atoms with Crippen molar-refractivity contribution in [3.63, 3.8) is 0 Å². The van der Waals surface area contributed by atoms with Gasteiger partial charge in [0.2, 0.25) is 0 Å². The second-order valence-electron chi connectivity index (χ2n) is 4.44. The summed E-state index contributed by atoms with van der Waals surface area (Å²) in [5.74, 6) is 0. The maximum absolute atomic E-state index is 6.23. The normalized spacial score (nSPS) is 12.2. The quantitative estimate of drug-likeness (QED) is 0.876. The third kappa shape index (κ3) is 3.41. The van der Waals surface area contributed by atoms with E-state index in [1.165, 1.54) is 5.56 Å². The predicted molar refractivity (Wildman–Crippen MR) is 83.1 cm³/mol. The summed E-state index contributed by atoms with van der Waals surface area (Å²) in [4.78, 5) is 0. The van der Waals surface area contributed by atoms with Gasteiger partial charge >= 0.3 is 0 Å². The van der Waals surface area contributed by atoms with E-state index in [4.69, 9.17) is 28.9 Å². The van der Waals surface area contributed by atoms with Crippen LogP contribution < -0.4 is 11.1 Å². The molecule has 2 aromatic rings. The Bertz CT molecular complexity index is 553. The zero-order valence-electron chi connectivity index (χ0n) is 10.7. The van der Waals surface area contributed by atoms with Crippen LogP contribution in [0.2, 0.25) is 10.0 Å². The topological polar surface area (TPSA) is 38.0 Å². The van der Waals surface area contributed by atoms with Crippen LogP contribution in [0.4, 0.5) is 5.69 Å². The molecule has 4 heteroatoms. The molecule has 2 aromatic carbocycles. The number of nitrogens with one attached hydrogen (secondary N) is 1. The van der Waals surface area contributed by atoms with E-state index < -0.39 is 0 Å². The molecule has 100 valence electrons. The molecule has 1 atom stereocenters. The van der Waals surface area contributed by atoms with Crippen LogP contribution in [0.25, 0.3) is 0 Å². The van der Waals surface area contributed by atoms with Gasteiger partial charge in [-0.3, -0.25) is 0 Å². The van der Waals surface area contributed by atoms with E-state index in [9.17, 15) is 0 Å². The second kappa shape index (κ2) is 6.29. The number of nitrogens with two attached hydrogens (primary N) is 1. The predicted octanol–water partition coefficient (Wildman–Crippen LogP) is 4.41. The lowest BCUT2D eigenvalue weighted by Crippen LogP contribution is -2.21. The first-order valence-corrected chi connectivity index (χ1v) is 6.84.